The van der Waals surface area contributed by atoms with Gasteiger partial charge in [-0.3, -0.25) is 0 Å². The van der Waals surface area contributed by atoms with Gasteiger partial charge >= 0.3 is 0 Å². The maximum atomic E-state index is 1.56. The molecule has 0 atom stereocenters. The SMILES string of the molecule is C1CC2(C1)CCC2.C1CCC2(C1)CC2.C1CCC2(C1)CCCC2.C1CCC2(CC1)CCC2.C1CCC2(CC1)CCCC2. The summed E-state index contributed by atoms with van der Waals surface area (Å²) in [6.07, 6.45) is 57.2. The summed E-state index contributed by atoms with van der Waals surface area (Å²) in [5.41, 5.74) is 4.55. The predicted octanol–water partition coefficient (Wildman–Crippen LogP) is 14.4. The van der Waals surface area contributed by atoms with Crippen molar-refractivity contribution in [3.63, 3.8) is 0 Å². The van der Waals surface area contributed by atoms with Crippen molar-refractivity contribution in [1.82, 2.24) is 0 Å². The Morgan fingerprint density at radius 1 is 0.119 bits per heavy atom. The van der Waals surface area contributed by atoms with Gasteiger partial charge in [-0.1, -0.05) is 109 Å². The van der Waals surface area contributed by atoms with Gasteiger partial charge in [0.15, 0.2) is 0 Å². The molecule has 0 aromatic carbocycles. The van der Waals surface area contributed by atoms with E-state index in [1.54, 1.807) is 128 Å². The predicted molar refractivity (Wildman–Crippen MR) is 183 cm³/mol. The normalized spacial score (nSPS) is 32.6. The van der Waals surface area contributed by atoms with Gasteiger partial charge in [0, 0.05) is 0 Å². The molecule has 0 aliphatic heterocycles. The van der Waals surface area contributed by atoms with Crippen LogP contribution in [-0.2, 0) is 0 Å². The molecular formula is C42H74. The van der Waals surface area contributed by atoms with Crippen LogP contribution in [0.4, 0.5) is 0 Å². The molecule has 0 saturated heterocycles. The Morgan fingerprint density at radius 3 is 0.405 bits per heavy atom. The number of rotatable bonds is 0. The standard InChI is InChI=1S/C10H18.2C9H16.2C7H12/c1-2-6-10(7-3-1)8-4-5-9-10;1-2-6-9(5-1)7-3-4-8-9;1-2-5-9(6-3-1)7-4-8-9;1-3-7(4-1)5-2-6-7;1-2-4-7(3-1)5-6-7/h1-9H2;2*1-8H2;2*1-6H2. The van der Waals surface area contributed by atoms with Crippen LogP contribution in [-0.4, -0.2) is 0 Å². The smallest absolute Gasteiger partial charge is 0.0297 e. The Labute approximate surface area is 264 Å². The molecule has 5 spiro atoms. The van der Waals surface area contributed by atoms with Crippen molar-refractivity contribution >= 4 is 0 Å². The van der Waals surface area contributed by atoms with Gasteiger partial charge in [0.2, 0.25) is 0 Å². The highest BCUT2D eigenvalue weighted by Crippen LogP contribution is 2.58. The molecule has 10 rings (SSSR count). The van der Waals surface area contributed by atoms with Gasteiger partial charge in [-0.2, -0.15) is 0 Å². The largest absolute Gasteiger partial charge is 0.0533 e. The summed E-state index contributed by atoms with van der Waals surface area (Å²) < 4.78 is 0. The second-order valence-corrected chi connectivity index (χ2v) is 18.5. The third kappa shape index (κ3) is 8.42. The van der Waals surface area contributed by atoms with Crippen molar-refractivity contribution < 1.29 is 0 Å². The summed E-state index contributed by atoms with van der Waals surface area (Å²) in [4.78, 5) is 0. The first kappa shape index (κ1) is 32.0. The zero-order valence-electron chi connectivity index (χ0n) is 28.7. The van der Waals surface area contributed by atoms with Crippen LogP contribution in [0, 0.1) is 27.1 Å². The second-order valence-electron chi connectivity index (χ2n) is 18.5. The van der Waals surface area contributed by atoms with Gasteiger partial charge in [-0.15, -0.1) is 0 Å². The van der Waals surface area contributed by atoms with E-state index >= 15 is 0 Å². The third-order valence-electron chi connectivity index (χ3n) is 15.7. The van der Waals surface area contributed by atoms with Crippen molar-refractivity contribution in [3.05, 3.63) is 0 Å². The van der Waals surface area contributed by atoms with Gasteiger partial charge < -0.3 is 0 Å². The minimum Gasteiger partial charge on any atom is -0.0533 e. The Morgan fingerprint density at radius 2 is 0.262 bits per heavy atom. The zero-order valence-corrected chi connectivity index (χ0v) is 28.7. The molecule has 10 saturated carbocycles. The van der Waals surface area contributed by atoms with Crippen molar-refractivity contribution in [2.45, 2.75) is 238 Å². The monoisotopic (exact) mass is 579 g/mol. The van der Waals surface area contributed by atoms with E-state index in [2.05, 4.69) is 0 Å². The molecule has 42 heavy (non-hydrogen) atoms. The van der Waals surface area contributed by atoms with Crippen molar-refractivity contribution in [2.75, 3.05) is 0 Å². The van der Waals surface area contributed by atoms with E-state index in [-0.39, 0.29) is 0 Å². The molecule has 0 heterocycles. The quantitative estimate of drug-likeness (QED) is 0.268. The lowest BCUT2D eigenvalue weighted by molar-refractivity contribution is 0.0314. The molecule has 0 unspecified atom stereocenters. The molecule has 0 amide bonds. The van der Waals surface area contributed by atoms with Crippen molar-refractivity contribution in [2.24, 2.45) is 27.1 Å². The molecule has 0 aromatic heterocycles. The lowest BCUT2D eigenvalue weighted by Crippen LogP contribution is -2.35. The van der Waals surface area contributed by atoms with E-state index in [0.29, 0.717) is 0 Å². The third-order valence-corrected chi connectivity index (χ3v) is 15.7. The number of hydrogen-bond donors (Lipinski definition) is 0. The van der Waals surface area contributed by atoms with E-state index in [0.717, 1.165) is 27.1 Å². The summed E-state index contributed by atoms with van der Waals surface area (Å²) >= 11 is 0. The van der Waals surface area contributed by atoms with Crippen LogP contribution in [0.2, 0.25) is 0 Å². The first-order chi connectivity index (χ1) is 20.6. The lowest BCUT2D eigenvalue weighted by atomic mass is 9.56. The van der Waals surface area contributed by atoms with Crippen molar-refractivity contribution in [3.8, 4) is 0 Å². The maximum absolute atomic E-state index is 1.56. The summed E-state index contributed by atoms with van der Waals surface area (Å²) in [5, 5.41) is 0. The van der Waals surface area contributed by atoms with E-state index in [1.165, 1.54) is 109 Å². The van der Waals surface area contributed by atoms with Gasteiger partial charge in [-0.25, -0.2) is 0 Å². The lowest BCUT2D eigenvalue weighted by Gasteiger charge is -2.49. The highest BCUT2D eigenvalue weighted by molar-refractivity contribution is 4.96. The molecular weight excluding hydrogens is 504 g/mol. The minimum absolute atomic E-state index is 0.873. The first-order valence-electron chi connectivity index (χ1n) is 20.6. The second kappa shape index (κ2) is 14.6. The van der Waals surface area contributed by atoms with Gasteiger partial charge in [-0.05, 0) is 155 Å². The molecule has 10 fully saturated rings. The van der Waals surface area contributed by atoms with Crippen LogP contribution < -0.4 is 0 Å². The summed E-state index contributed by atoms with van der Waals surface area (Å²) in [6, 6.07) is 0. The van der Waals surface area contributed by atoms with Crippen LogP contribution in [0.25, 0.3) is 0 Å². The summed E-state index contributed by atoms with van der Waals surface area (Å²) in [7, 11) is 0. The minimum atomic E-state index is 0.873. The fourth-order valence-corrected chi connectivity index (χ4v) is 11.8. The Hall–Kier alpha value is 0. The highest BCUT2D eigenvalue weighted by atomic mass is 14.5. The molecule has 242 valence electrons. The van der Waals surface area contributed by atoms with Crippen LogP contribution in [0.15, 0.2) is 0 Å². The topological polar surface area (TPSA) is 0 Å². The van der Waals surface area contributed by atoms with E-state index in [9.17, 15) is 0 Å². The number of hydrogen-bond acceptors (Lipinski definition) is 0. The highest BCUT2D eigenvalue weighted by Gasteiger charge is 2.44. The van der Waals surface area contributed by atoms with Gasteiger partial charge in [0.25, 0.3) is 0 Å². The molecule has 0 heteroatoms. The molecule has 0 bridgehead atoms. The molecule has 0 nitrogen and oxygen atoms in total. The van der Waals surface area contributed by atoms with Crippen LogP contribution in [0.3, 0.4) is 0 Å². The Bertz CT molecular complexity index is 712. The summed E-state index contributed by atoms with van der Waals surface area (Å²) in [6.45, 7) is 0. The first-order valence-corrected chi connectivity index (χ1v) is 20.6. The van der Waals surface area contributed by atoms with E-state index < -0.39 is 0 Å². The Kier molecular flexibility index (Phi) is 11.1. The fraction of sp³-hybridized carbons (Fsp3) is 1.00. The molecule has 10 aliphatic carbocycles. The van der Waals surface area contributed by atoms with Gasteiger partial charge in [0.05, 0.1) is 0 Å². The molecule has 0 radical (unpaired) electrons. The van der Waals surface area contributed by atoms with Crippen LogP contribution in [0.5, 0.6) is 0 Å². The molecule has 10 aliphatic rings. The Balaban J connectivity index is 0.0000000945. The summed E-state index contributed by atoms with van der Waals surface area (Å²) in [5.74, 6) is 0. The van der Waals surface area contributed by atoms with E-state index in [4.69, 9.17) is 0 Å². The zero-order chi connectivity index (χ0) is 28.7. The van der Waals surface area contributed by atoms with E-state index in [1.807, 2.05) is 0 Å². The van der Waals surface area contributed by atoms with Crippen LogP contribution >= 0.6 is 0 Å². The average Bonchev–Trinajstić information content (AvgIpc) is 3.48. The van der Waals surface area contributed by atoms with Crippen molar-refractivity contribution in [1.29, 1.82) is 0 Å². The maximum Gasteiger partial charge on any atom is -0.0297 e. The average molecular weight is 579 g/mol. The van der Waals surface area contributed by atoms with Gasteiger partial charge in [0.1, 0.15) is 0 Å². The molecule has 0 N–H and O–H groups in total. The molecule has 0 aromatic rings. The van der Waals surface area contributed by atoms with Crippen LogP contribution in [0.1, 0.15) is 238 Å². The fourth-order valence-electron chi connectivity index (χ4n) is 11.8.